The maximum absolute atomic E-state index is 6.10. The number of aromatic nitrogens is 2. The zero-order valence-corrected chi connectivity index (χ0v) is 12.6. The Morgan fingerprint density at radius 3 is 2.74 bits per heavy atom. The molecule has 0 unspecified atom stereocenters. The summed E-state index contributed by atoms with van der Waals surface area (Å²) in [5, 5.41) is 3.77. The van der Waals surface area contributed by atoms with Crippen molar-refractivity contribution in [3.63, 3.8) is 0 Å². The molecule has 1 aromatic carbocycles. The van der Waals surface area contributed by atoms with E-state index in [2.05, 4.69) is 21.4 Å². The molecule has 1 N–H and O–H groups in total. The number of halogens is 1. The Bertz CT molecular complexity index is 574. The number of rotatable bonds is 4. The number of aryl methyl sites for hydroxylation is 1. The van der Waals surface area contributed by atoms with Gasteiger partial charge in [0, 0.05) is 4.90 Å². The summed E-state index contributed by atoms with van der Waals surface area (Å²) in [5.74, 6) is 1.31. The Morgan fingerprint density at radius 1 is 1.26 bits per heavy atom. The molecule has 2 aromatic rings. The second-order valence-electron chi connectivity index (χ2n) is 4.14. The third kappa shape index (κ3) is 3.83. The number of para-hydroxylation sites is 1. The molecule has 0 fully saturated rings. The first kappa shape index (κ1) is 14.1. The van der Waals surface area contributed by atoms with Crippen LogP contribution in [0.1, 0.15) is 5.82 Å². The van der Waals surface area contributed by atoms with Crippen LogP contribution in [-0.2, 0) is 0 Å². The van der Waals surface area contributed by atoms with E-state index in [9.17, 15) is 0 Å². The first-order valence-electron chi connectivity index (χ1n) is 5.77. The summed E-state index contributed by atoms with van der Waals surface area (Å²) in [7, 11) is 4.01. The van der Waals surface area contributed by atoms with E-state index in [-0.39, 0.29) is 0 Å². The third-order valence-electron chi connectivity index (χ3n) is 2.29. The normalized spacial score (nSPS) is 10.8. The molecule has 19 heavy (non-hydrogen) atoms. The summed E-state index contributed by atoms with van der Waals surface area (Å²) >= 11 is 7.74. The largest absolute Gasteiger partial charge is 0.338 e. The smallest absolute Gasteiger partial charge is 0.152 e. The average molecular weight is 295 g/mol. The Balaban J connectivity index is 2.30. The van der Waals surface area contributed by atoms with Crippen molar-refractivity contribution in [2.45, 2.75) is 11.8 Å². The minimum atomic E-state index is 0.509. The molecule has 0 bridgehead atoms. The van der Waals surface area contributed by atoms with Crippen LogP contribution in [0.5, 0.6) is 0 Å². The van der Waals surface area contributed by atoms with Gasteiger partial charge in [0.2, 0.25) is 0 Å². The number of hydrogen-bond acceptors (Lipinski definition) is 5. The number of hydrogen-bond donors (Lipinski definition) is 1. The molecule has 6 heteroatoms. The van der Waals surface area contributed by atoms with E-state index in [4.69, 9.17) is 11.6 Å². The molecule has 0 spiro atoms. The first-order chi connectivity index (χ1) is 9.06. The van der Waals surface area contributed by atoms with Crippen molar-refractivity contribution in [2.24, 2.45) is 0 Å². The maximum atomic E-state index is 6.10. The minimum Gasteiger partial charge on any atom is -0.338 e. The number of nitrogens with one attached hydrogen (secondary N) is 1. The van der Waals surface area contributed by atoms with Gasteiger partial charge < -0.3 is 5.32 Å². The van der Waals surface area contributed by atoms with Gasteiger partial charge in [-0.25, -0.2) is 9.97 Å². The maximum Gasteiger partial charge on any atom is 0.152 e. The fourth-order valence-electron chi connectivity index (χ4n) is 1.52. The van der Waals surface area contributed by atoms with Crippen molar-refractivity contribution in [2.75, 3.05) is 19.4 Å². The Labute approximate surface area is 122 Å². The highest BCUT2D eigenvalue weighted by atomic mass is 35.5. The highest BCUT2D eigenvalue weighted by molar-refractivity contribution is 7.97. The van der Waals surface area contributed by atoms with Crippen LogP contribution in [0.15, 0.2) is 35.4 Å². The van der Waals surface area contributed by atoms with Crippen LogP contribution < -0.4 is 5.32 Å². The Kier molecular flexibility index (Phi) is 4.63. The highest BCUT2D eigenvalue weighted by Crippen LogP contribution is 2.31. The molecule has 0 atom stereocenters. The van der Waals surface area contributed by atoms with Gasteiger partial charge in [0.15, 0.2) is 5.82 Å². The lowest BCUT2D eigenvalue weighted by atomic mass is 10.3. The molecule has 0 aliphatic rings. The second kappa shape index (κ2) is 6.23. The zero-order chi connectivity index (χ0) is 13.8. The quantitative estimate of drug-likeness (QED) is 0.870. The molecule has 100 valence electrons. The number of nitrogens with zero attached hydrogens (tertiary/aromatic N) is 3. The van der Waals surface area contributed by atoms with Gasteiger partial charge in [-0.3, -0.25) is 4.31 Å². The van der Waals surface area contributed by atoms with Crippen LogP contribution in [0.4, 0.5) is 11.5 Å². The Hall–Kier alpha value is -1.30. The van der Waals surface area contributed by atoms with E-state index in [0.717, 1.165) is 10.6 Å². The molecule has 1 aromatic heterocycles. The zero-order valence-electron chi connectivity index (χ0n) is 11.0. The van der Waals surface area contributed by atoms with Crippen molar-refractivity contribution in [3.05, 3.63) is 41.3 Å². The van der Waals surface area contributed by atoms with Gasteiger partial charge in [0.1, 0.15) is 10.8 Å². The molecule has 4 nitrogen and oxygen atoms in total. The monoisotopic (exact) mass is 294 g/mol. The van der Waals surface area contributed by atoms with Crippen LogP contribution in [0, 0.1) is 6.92 Å². The molecule has 0 aliphatic heterocycles. The predicted octanol–water partition coefficient (Wildman–Crippen LogP) is 3.75. The molecule has 1 heterocycles. The predicted molar refractivity (Wildman–Crippen MR) is 81.0 cm³/mol. The highest BCUT2D eigenvalue weighted by Gasteiger charge is 2.08. The lowest BCUT2D eigenvalue weighted by Crippen LogP contribution is -2.02. The van der Waals surface area contributed by atoms with Crippen molar-refractivity contribution < 1.29 is 0 Å². The molecule has 2 rings (SSSR count). The fraction of sp³-hybridized carbons (Fsp3) is 0.231. The van der Waals surface area contributed by atoms with E-state index in [0.29, 0.717) is 16.7 Å². The minimum absolute atomic E-state index is 0.509. The van der Waals surface area contributed by atoms with Crippen molar-refractivity contribution >= 4 is 35.1 Å². The molecule has 0 saturated carbocycles. The van der Waals surface area contributed by atoms with E-state index >= 15 is 0 Å². The lowest BCUT2D eigenvalue weighted by molar-refractivity contribution is 0.703. The van der Waals surface area contributed by atoms with Gasteiger partial charge in [-0.1, -0.05) is 23.7 Å². The van der Waals surface area contributed by atoms with Crippen LogP contribution in [-0.4, -0.2) is 28.4 Å². The molecule has 0 radical (unpaired) electrons. The third-order valence-corrected chi connectivity index (χ3v) is 3.48. The molecule has 0 amide bonds. The van der Waals surface area contributed by atoms with Crippen LogP contribution in [0.25, 0.3) is 0 Å². The van der Waals surface area contributed by atoms with Crippen molar-refractivity contribution in [1.82, 2.24) is 14.3 Å². The average Bonchev–Trinajstić information content (AvgIpc) is 2.35. The van der Waals surface area contributed by atoms with Crippen molar-refractivity contribution in [1.29, 1.82) is 0 Å². The first-order valence-corrected chi connectivity index (χ1v) is 6.92. The van der Waals surface area contributed by atoms with Gasteiger partial charge in [-0.15, -0.1) is 0 Å². The summed E-state index contributed by atoms with van der Waals surface area (Å²) in [5.41, 5.74) is 0.973. The molecule has 0 saturated heterocycles. The second-order valence-corrected chi connectivity index (χ2v) is 5.90. The summed E-state index contributed by atoms with van der Waals surface area (Å²) < 4.78 is 2.04. The summed E-state index contributed by atoms with van der Waals surface area (Å²) in [6.45, 7) is 1.84. The fourth-order valence-corrected chi connectivity index (χ4v) is 2.41. The van der Waals surface area contributed by atoms with Crippen molar-refractivity contribution in [3.8, 4) is 0 Å². The molecular formula is C13H15ClN4S. The summed E-state index contributed by atoms with van der Waals surface area (Å²) in [4.78, 5) is 9.48. The topological polar surface area (TPSA) is 41.1 Å². The van der Waals surface area contributed by atoms with Gasteiger partial charge >= 0.3 is 0 Å². The SMILES string of the molecule is Cc1ncc(Cl)c(Nc2ccccc2SN(C)C)n1. The standard InChI is InChI=1S/C13H15ClN4S/c1-9-15-8-10(14)13(16-9)17-11-6-4-5-7-12(11)19-18(2)3/h4-8H,1-3H3,(H,15,16,17). The van der Waals surface area contributed by atoms with Crippen LogP contribution >= 0.6 is 23.5 Å². The lowest BCUT2D eigenvalue weighted by Gasteiger charge is -2.14. The van der Waals surface area contributed by atoms with Gasteiger partial charge in [0.25, 0.3) is 0 Å². The number of benzene rings is 1. The van der Waals surface area contributed by atoms with Gasteiger partial charge in [-0.2, -0.15) is 0 Å². The molecular weight excluding hydrogens is 280 g/mol. The Morgan fingerprint density at radius 2 is 2.00 bits per heavy atom. The van der Waals surface area contributed by atoms with E-state index < -0.39 is 0 Å². The van der Waals surface area contributed by atoms with Crippen LogP contribution in [0.2, 0.25) is 5.02 Å². The summed E-state index contributed by atoms with van der Waals surface area (Å²) in [6, 6.07) is 8.03. The molecule has 0 aliphatic carbocycles. The van der Waals surface area contributed by atoms with E-state index in [1.807, 2.05) is 43.5 Å². The van der Waals surface area contributed by atoms with Gasteiger partial charge in [0.05, 0.1) is 11.9 Å². The van der Waals surface area contributed by atoms with Gasteiger partial charge in [-0.05, 0) is 45.1 Å². The van der Waals surface area contributed by atoms with E-state index in [1.54, 1.807) is 18.1 Å². The van der Waals surface area contributed by atoms with Crippen LogP contribution in [0.3, 0.4) is 0 Å². The number of anilines is 2. The van der Waals surface area contributed by atoms with E-state index in [1.165, 1.54) is 0 Å². The summed E-state index contributed by atoms with van der Waals surface area (Å²) in [6.07, 6.45) is 1.61.